The van der Waals surface area contributed by atoms with Crippen molar-refractivity contribution < 1.29 is 14.6 Å². The smallest absolute Gasteiger partial charge is 0.272 e. The van der Waals surface area contributed by atoms with Crippen LogP contribution in [0.4, 0.5) is 5.69 Å². The summed E-state index contributed by atoms with van der Waals surface area (Å²) in [5.74, 6) is 0.0886. The van der Waals surface area contributed by atoms with Crippen LogP contribution < -0.4 is 10.1 Å². The molecular weight excluding hydrogens is 312 g/mol. The lowest BCUT2D eigenvalue weighted by atomic mass is 10.2. The zero-order valence-electron chi connectivity index (χ0n) is 10.5. The van der Waals surface area contributed by atoms with Gasteiger partial charge in [-0.2, -0.15) is 0 Å². The van der Waals surface area contributed by atoms with E-state index < -0.39 is 0 Å². The third-order valence-electron chi connectivity index (χ3n) is 2.64. The van der Waals surface area contributed by atoms with Crippen LogP contribution in [0.2, 0.25) is 0 Å². The first-order valence-electron chi connectivity index (χ1n) is 5.51. The van der Waals surface area contributed by atoms with Gasteiger partial charge in [0.05, 0.1) is 7.11 Å². The van der Waals surface area contributed by atoms with E-state index in [0.29, 0.717) is 17.1 Å². The molecule has 100 valence electrons. The number of anilines is 1. The first kappa shape index (κ1) is 13.5. The molecule has 2 N–H and O–H groups in total. The third-order valence-corrected chi connectivity index (χ3v) is 3.07. The molecule has 0 saturated carbocycles. The summed E-state index contributed by atoms with van der Waals surface area (Å²) in [5, 5.41) is 12.4. The summed E-state index contributed by atoms with van der Waals surface area (Å²) in [6, 6.07) is 6.41. The average molecular weight is 325 g/mol. The van der Waals surface area contributed by atoms with Crippen molar-refractivity contribution in [2.75, 3.05) is 12.4 Å². The maximum Gasteiger partial charge on any atom is 0.272 e. The van der Waals surface area contributed by atoms with E-state index in [-0.39, 0.29) is 11.7 Å². The number of phenols is 1. The Labute approximate surface area is 118 Å². The fourth-order valence-corrected chi connectivity index (χ4v) is 2.24. The Bertz CT molecular complexity index is 622. The van der Waals surface area contributed by atoms with Crippen molar-refractivity contribution in [1.29, 1.82) is 0 Å². The number of benzene rings is 1. The molecule has 0 aliphatic rings. The topological polar surface area (TPSA) is 63.5 Å². The van der Waals surface area contributed by atoms with Gasteiger partial charge in [0.2, 0.25) is 0 Å². The van der Waals surface area contributed by atoms with E-state index in [0.717, 1.165) is 4.47 Å². The molecule has 19 heavy (non-hydrogen) atoms. The summed E-state index contributed by atoms with van der Waals surface area (Å²) in [6.45, 7) is 0. The summed E-state index contributed by atoms with van der Waals surface area (Å²) in [4.78, 5) is 12.0. The van der Waals surface area contributed by atoms with Crippen LogP contribution in [-0.2, 0) is 7.05 Å². The average Bonchev–Trinajstić information content (AvgIpc) is 2.69. The van der Waals surface area contributed by atoms with Crippen molar-refractivity contribution >= 4 is 27.5 Å². The van der Waals surface area contributed by atoms with Gasteiger partial charge in [0.25, 0.3) is 5.91 Å². The monoisotopic (exact) mass is 324 g/mol. The Morgan fingerprint density at radius 2 is 2.16 bits per heavy atom. The second-order valence-electron chi connectivity index (χ2n) is 4.00. The minimum Gasteiger partial charge on any atom is -0.504 e. The number of amides is 1. The van der Waals surface area contributed by atoms with E-state index >= 15 is 0 Å². The fraction of sp³-hybridized carbons (Fsp3) is 0.154. The minimum absolute atomic E-state index is 0.0200. The molecule has 0 spiro atoms. The van der Waals surface area contributed by atoms with Gasteiger partial charge >= 0.3 is 0 Å². The molecular formula is C13H13BrN2O3. The highest BCUT2D eigenvalue weighted by atomic mass is 79.9. The number of carbonyl (C=O) groups is 1. The van der Waals surface area contributed by atoms with Crippen LogP contribution in [0.25, 0.3) is 0 Å². The van der Waals surface area contributed by atoms with Crippen molar-refractivity contribution in [3.63, 3.8) is 0 Å². The van der Waals surface area contributed by atoms with Gasteiger partial charge in [0.1, 0.15) is 5.69 Å². The molecule has 2 aromatic rings. The number of nitrogens with one attached hydrogen (secondary N) is 1. The Hall–Kier alpha value is -1.95. The number of aromatic nitrogens is 1. The summed E-state index contributed by atoms with van der Waals surface area (Å²) in [5.41, 5.74) is 1.02. The molecule has 1 heterocycles. The summed E-state index contributed by atoms with van der Waals surface area (Å²) < 4.78 is 7.48. The zero-order chi connectivity index (χ0) is 14.0. The highest BCUT2D eigenvalue weighted by Crippen LogP contribution is 2.28. The molecule has 6 heteroatoms. The number of hydrogen-bond acceptors (Lipinski definition) is 3. The van der Waals surface area contributed by atoms with Crippen LogP contribution in [0.3, 0.4) is 0 Å². The number of nitrogens with zero attached hydrogens (tertiary/aromatic N) is 1. The van der Waals surface area contributed by atoms with Crippen molar-refractivity contribution in [2.45, 2.75) is 0 Å². The number of phenolic OH excluding ortho intramolecular Hbond substituents is 1. The fourth-order valence-electron chi connectivity index (χ4n) is 1.71. The molecule has 0 bridgehead atoms. The van der Waals surface area contributed by atoms with Crippen molar-refractivity contribution in [2.24, 2.45) is 7.05 Å². The van der Waals surface area contributed by atoms with E-state index in [9.17, 15) is 9.90 Å². The van der Waals surface area contributed by atoms with Gasteiger partial charge in [-0.1, -0.05) is 0 Å². The summed E-state index contributed by atoms with van der Waals surface area (Å²) in [6.07, 6.45) is 1.79. The SMILES string of the molecule is COc1ccc(NC(=O)c2cc(Br)cn2C)cc1O. The molecule has 0 fully saturated rings. The maximum absolute atomic E-state index is 12.0. The normalized spacial score (nSPS) is 10.3. The third kappa shape index (κ3) is 2.90. The van der Waals surface area contributed by atoms with Crippen LogP contribution in [-0.4, -0.2) is 22.7 Å². The number of hydrogen-bond donors (Lipinski definition) is 2. The molecule has 0 saturated heterocycles. The summed E-state index contributed by atoms with van der Waals surface area (Å²) in [7, 11) is 3.25. The number of aromatic hydroxyl groups is 1. The highest BCUT2D eigenvalue weighted by Gasteiger charge is 2.12. The predicted molar refractivity (Wildman–Crippen MR) is 75.7 cm³/mol. The number of carbonyl (C=O) groups excluding carboxylic acids is 1. The van der Waals surface area contributed by atoms with Crippen molar-refractivity contribution in [3.05, 3.63) is 40.6 Å². The molecule has 1 amide bonds. The lowest BCUT2D eigenvalue weighted by molar-refractivity contribution is 0.101. The van der Waals surface area contributed by atoms with Gasteiger partial charge < -0.3 is 19.7 Å². The molecule has 2 rings (SSSR count). The largest absolute Gasteiger partial charge is 0.504 e. The van der Waals surface area contributed by atoms with Crippen molar-refractivity contribution in [3.8, 4) is 11.5 Å². The number of halogens is 1. The van der Waals surface area contributed by atoms with Crippen LogP contribution in [0, 0.1) is 0 Å². The standard InChI is InChI=1S/C13H13BrN2O3/c1-16-7-8(14)5-10(16)13(18)15-9-3-4-12(19-2)11(17)6-9/h3-7,17H,1-2H3,(H,15,18). The van der Waals surface area contributed by atoms with Crippen LogP contribution in [0.1, 0.15) is 10.5 Å². The summed E-state index contributed by atoms with van der Waals surface area (Å²) >= 11 is 3.31. The predicted octanol–water partition coefficient (Wildman–Crippen LogP) is 2.75. The quantitative estimate of drug-likeness (QED) is 0.912. The van der Waals surface area contributed by atoms with E-state index in [1.807, 2.05) is 0 Å². The molecule has 1 aromatic carbocycles. The second-order valence-corrected chi connectivity index (χ2v) is 4.91. The van der Waals surface area contributed by atoms with Crippen LogP contribution in [0.5, 0.6) is 11.5 Å². The van der Waals surface area contributed by atoms with E-state index in [1.54, 1.807) is 36.0 Å². The Balaban J connectivity index is 2.19. The molecule has 0 radical (unpaired) electrons. The van der Waals surface area contributed by atoms with Gasteiger partial charge in [-0.15, -0.1) is 0 Å². The second kappa shape index (κ2) is 5.36. The zero-order valence-corrected chi connectivity index (χ0v) is 12.1. The van der Waals surface area contributed by atoms with Crippen LogP contribution >= 0.6 is 15.9 Å². The van der Waals surface area contributed by atoms with E-state index in [2.05, 4.69) is 21.2 Å². The van der Waals surface area contributed by atoms with Gasteiger partial charge in [-0.3, -0.25) is 4.79 Å². The molecule has 0 aliphatic heterocycles. The minimum atomic E-state index is -0.252. The first-order chi connectivity index (χ1) is 9.01. The van der Waals surface area contributed by atoms with Gasteiger partial charge in [0.15, 0.2) is 11.5 Å². The number of ether oxygens (including phenoxy) is 1. The van der Waals surface area contributed by atoms with Crippen LogP contribution in [0.15, 0.2) is 34.9 Å². The Morgan fingerprint density at radius 1 is 1.42 bits per heavy atom. The molecule has 0 aliphatic carbocycles. The van der Waals surface area contributed by atoms with Gasteiger partial charge in [0, 0.05) is 29.5 Å². The van der Waals surface area contributed by atoms with E-state index in [4.69, 9.17) is 4.74 Å². The first-order valence-corrected chi connectivity index (χ1v) is 6.31. The van der Waals surface area contributed by atoms with E-state index in [1.165, 1.54) is 13.2 Å². The maximum atomic E-state index is 12.0. The molecule has 5 nitrogen and oxygen atoms in total. The molecule has 1 aromatic heterocycles. The number of rotatable bonds is 3. The Morgan fingerprint density at radius 3 is 2.68 bits per heavy atom. The van der Waals surface area contributed by atoms with Gasteiger partial charge in [-0.05, 0) is 34.1 Å². The molecule has 0 atom stereocenters. The molecule has 0 unspecified atom stereocenters. The Kier molecular flexibility index (Phi) is 3.80. The number of methoxy groups -OCH3 is 1. The van der Waals surface area contributed by atoms with Crippen molar-refractivity contribution in [1.82, 2.24) is 4.57 Å². The van der Waals surface area contributed by atoms with Gasteiger partial charge in [-0.25, -0.2) is 0 Å². The highest BCUT2D eigenvalue weighted by molar-refractivity contribution is 9.10. The lowest BCUT2D eigenvalue weighted by Gasteiger charge is -2.08. The lowest BCUT2D eigenvalue weighted by Crippen LogP contribution is -2.15. The number of aryl methyl sites for hydroxylation is 1.